The Bertz CT molecular complexity index is 658. The van der Waals surface area contributed by atoms with Crippen LogP contribution in [0.4, 0.5) is 13.2 Å². The highest BCUT2D eigenvalue weighted by atomic mass is 19.4. The first-order chi connectivity index (χ1) is 8.92. The van der Waals surface area contributed by atoms with E-state index >= 15 is 0 Å². The van der Waals surface area contributed by atoms with Gasteiger partial charge in [-0.2, -0.15) is 0 Å². The van der Waals surface area contributed by atoms with Crippen LogP contribution < -0.4 is 4.74 Å². The van der Waals surface area contributed by atoms with Crippen LogP contribution in [0.3, 0.4) is 0 Å². The van der Waals surface area contributed by atoms with E-state index in [-0.39, 0.29) is 18.1 Å². The number of Topliss-reactive ketones (excluding diaryl/α,β-unsaturated/α-hetero) is 1. The van der Waals surface area contributed by atoms with Crippen molar-refractivity contribution in [3.05, 3.63) is 30.0 Å². The Morgan fingerprint density at radius 2 is 1.95 bits per heavy atom. The van der Waals surface area contributed by atoms with Gasteiger partial charge in [0.25, 0.3) is 0 Å². The molecule has 1 aromatic carbocycles. The molecule has 0 atom stereocenters. The summed E-state index contributed by atoms with van der Waals surface area (Å²) < 4.78 is 42.2. The number of ketones is 1. The van der Waals surface area contributed by atoms with Crippen LogP contribution in [-0.2, 0) is 17.8 Å². The number of rotatable bonds is 1. The third kappa shape index (κ3) is 2.30. The molecular weight excluding hydrogens is 259 g/mol. The second-order valence-electron chi connectivity index (χ2n) is 4.53. The number of carbonyl (C=O) groups excluding carboxylic acids is 1. The number of halogens is 3. The van der Waals surface area contributed by atoms with Crippen LogP contribution in [0.1, 0.15) is 12.1 Å². The van der Waals surface area contributed by atoms with E-state index in [9.17, 15) is 18.0 Å². The van der Waals surface area contributed by atoms with Crippen LogP contribution in [0.5, 0.6) is 5.75 Å². The number of hydrogen-bond donors (Lipinski definition) is 0. The lowest BCUT2D eigenvalue weighted by Gasteiger charge is -2.15. The number of nitrogens with zero attached hydrogens (tertiary/aromatic N) is 1. The second kappa shape index (κ2) is 4.01. The summed E-state index contributed by atoms with van der Waals surface area (Å²) >= 11 is 0. The monoisotopic (exact) mass is 269 g/mol. The molecule has 1 aliphatic heterocycles. The maximum atomic E-state index is 12.1. The van der Waals surface area contributed by atoms with Gasteiger partial charge in [-0.25, -0.2) is 0 Å². The van der Waals surface area contributed by atoms with Crippen LogP contribution in [-0.4, -0.2) is 16.7 Å². The van der Waals surface area contributed by atoms with E-state index in [0.717, 1.165) is 11.2 Å². The summed E-state index contributed by atoms with van der Waals surface area (Å²) in [7, 11) is 0. The molecule has 0 bridgehead atoms. The molecule has 6 heteroatoms. The van der Waals surface area contributed by atoms with Crippen molar-refractivity contribution in [3.63, 3.8) is 0 Å². The molecule has 1 aliphatic rings. The van der Waals surface area contributed by atoms with E-state index in [1.807, 2.05) is 10.6 Å². The molecule has 0 unspecified atom stereocenters. The zero-order chi connectivity index (χ0) is 13.6. The Labute approximate surface area is 106 Å². The van der Waals surface area contributed by atoms with Gasteiger partial charge in [0.15, 0.2) is 5.78 Å². The first-order valence-corrected chi connectivity index (χ1v) is 5.82. The highest BCUT2D eigenvalue weighted by Gasteiger charge is 2.31. The number of fused-ring (bicyclic) bond motifs is 3. The maximum Gasteiger partial charge on any atom is 0.573 e. The van der Waals surface area contributed by atoms with Gasteiger partial charge in [-0.1, -0.05) is 0 Å². The largest absolute Gasteiger partial charge is 0.573 e. The second-order valence-corrected chi connectivity index (χ2v) is 4.53. The minimum Gasteiger partial charge on any atom is -0.406 e. The van der Waals surface area contributed by atoms with E-state index < -0.39 is 6.36 Å². The fourth-order valence-corrected chi connectivity index (χ4v) is 2.42. The Balaban J connectivity index is 2.03. The molecule has 0 amide bonds. The van der Waals surface area contributed by atoms with E-state index in [2.05, 4.69) is 4.74 Å². The first kappa shape index (κ1) is 12.1. The van der Waals surface area contributed by atoms with Crippen molar-refractivity contribution in [2.75, 3.05) is 0 Å². The van der Waals surface area contributed by atoms with Gasteiger partial charge in [0.05, 0.1) is 6.54 Å². The predicted molar refractivity (Wildman–Crippen MR) is 61.9 cm³/mol. The van der Waals surface area contributed by atoms with Gasteiger partial charge in [0.1, 0.15) is 5.75 Å². The SMILES string of the molecule is O=C1CCc2cc3cc(OC(F)(F)F)ccc3n2C1. The number of alkyl halides is 3. The molecule has 0 N–H and O–H groups in total. The molecule has 2 aromatic rings. The fraction of sp³-hybridized carbons (Fsp3) is 0.308. The topological polar surface area (TPSA) is 31.2 Å². The zero-order valence-electron chi connectivity index (χ0n) is 9.83. The Morgan fingerprint density at radius 3 is 2.68 bits per heavy atom. The molecule has 0 aliphatic carbocycles. The van der Waals surface area contributed by atoms with E-state index in [0.29, 0.717) is 18.2 Å². The van der Waals surface area contributed by atoms with Crippen molar-refractivity contribution in [3.8, 4) is 5.75 Å². The Kier molecular flexibility index (Phi) is 2.55. The van der Waals surface area contributed by atoms with Crippen molar-refractivity contribution in [1.29, 1.82) is 0 Å². The summed E-state index contributed by atoms with van der Waals surface area (Å²) in [5.41, 5.74) is 1.73. The summed E-state index contributed by atoms with van der Waals surface area (Å²) in [5.74, 6) is -0.102. The minimum atomic E-state index is -4.69. The van der Waals surface area contributed by atoms with E-state index in [4.69, 9.17) is 0 Å². The molecule has 1 aromatic heterocycles. The fourth-order valence-electron chi connectivity index (χ4n) is 2.42. The third-order valence-corrected chi connectivity index (χ3v) is 3.19. The summed E-state index contributed by atoms with van der Waals surface area (Å²) in [6.45, 7) is 0.290. The molecule has 19 heavy (non-hydrogen) atoms. The lowest BCUT2D eigenvalue weighted by molar-refractivity contribution is -0.274. The molecular formula is C13H10F3NO2. The van der Waals surface area contributed by atoms with Gasteiger partial charge in [-0.3, -0.25) is 4.79 Å². The van der Waals surface area contributed by atoms with Crippen LogP contribution in [0.2, 0.25) is 0 Å². The van der Waals surface area contributed by atoms with Crippen LogP contribution in [0, 0.1) is 0 Å². The van der Waals surface area contributed by atoms with Crippen molar-refractivity contribution >= 4 is 16.7 Å². The minimum absolute atomic E-state index is 0.139. The smallest absolute Gasteiger partial charge is 0.406 e. The van der Waals surface area contributed by atoms with Crippen LogP contribution >= 0.6 is 0 Å². The Hall–Kier alpha value is -1.98. The normalized spacial score (nSPS) is 15.6. The summed E-state index contributed by atoms with van der Waals surface area (Å²) in [4.78, 5) is 11.4. The van der Waals surface area contributed by atoms with Gasteiger partial charge >= 0.3 is 6.36 Å². The number of benzene rings is 1. The van der Waals surface area contributed by atoms with Crippen LogP contribution in [0.15, 0.2) is 24.3 Å². The average molecular weight is 269 g/mol. The molecule has 2 heterocycles. The number of aryl methyl sites for hydroxylation is 1. The number of aromatic nitrogens is 1. The molecule has 0 radical (unpaired) electrons. The quantitative estimate of drug-likeness (QED) is 0.796. The summed E-state index contributed by atoms with van der Waals surface area (Å²) in [5, 5.41) is 0.659. The maximum absolute atomic E-state index is 12.1. The molecule has 3 rings (SSSR count). The first-order valence-electron chi connectivity index (χ1n) is 5.82. The van der Waals surface area contributed by atoms with Crippen LogP contribution in [0.25, 0.3) is 10.9 Å². The number of hydrogen-bond acceptors (Lipinski definition) is 2. The summed E-state index contributed by atoms with van der Waals surface area (Å²) in [6.07, 6.45) is -3.58. The number of carbonyl (C=O) groups is 1. The molecule has 100 valence electrons. The zero-order valence-corrected chi connectivity index (χ0v) is 9.83. The molecule has 0 saturated heterocycles. The summed E-state index contributed by atoms with van der Waals surface area (Å²) in [6, 6.07) is 5.98. The van der Waals surface area contributed by atoms with E-state index in [1.54, 1.807) is 6.07 Å². The van der Waals surface area contributed by atoms with Gasteiger partial charge < -0.3 is 9.30 Å². The molecule has 3 nitrogen and oxygen atoms in total. The highest BCUT2D eigenvalue weighted by molar-refractivity contribution is 5.87. The van der Waals surface area contributed by atoms with Gasteiger partial charge in [-0.15, -0.1) is 13.2 Å². The molecule has 0 spiro atoms. The van der Waals surface area contributed by atoms with Crippen molar-refractivity contribution < 1.29 is 22.7 Å². The van der Waals surface area contributed by atoms with Gasteiger partial charge in [0.2, 0.25) is 0 Å². The average Bonchev–Trinajstić information content (AvgIpc) is 2.64. The van der Waals surface area contributed by atoms with E-state index in [1.165, 1.54) is 12.1 Å². The molecule has 0 saturated carbocycles. The van der Waals surface area contributed by atoms with Gasteiger partial charge in [0, 0.05) is 23.0 Å². The van der Waals surface area contributed by atoms with Crippen molar-refractivity contribution in [1.82, 2.24) is 4.57 Å². The number of ether oxygens (including phenoxy) is 1. The third-order valence-electron chi connectivity index (χ3n) is 3.19. The molecule has 0 fully saturated rings. The van der Waals surface area contributed by atoms with Gasteiger partial charge in [-0.05, 0) is 30.7 Å². The Morgan fingerprint density at radius 1 is 1.16 bits per heavy atom. The standard InChI is InChI=1S/C13H10F3NO2/c14-13(15,16)19-11-3-4-12-8(6-11)5-9-1-2-10(18)7-17(9)12/h3-6H,1-2,7H2. The highest BCUT2D eigenvalue weighted by Crippen LogP contribution is 2.30. The lowest BCUT2D eigenvalue weighted by Crippen LogP contribution is -2.19. The van der Waals surface area contributed by atoms with Crippen molar-refractivity contribution in [2.45, 2.75) is 25.7 Å². The predicted octanol–water partition coefficient (Wildman–Crippen LogP) is 3.06. The lowest BCUT2D eigenvalue weighted by atomic mass is 10.1. The van der Waals surface area contributed by atoms with Crippen molar-refractivity contribution in [2.24, 2.45) is 0 Å².